The molecule has 1 heterocycles. The van der Waals surface area contributed by atoms with Crippen molar-refractivity contribution in [2.75, 3.05) is 39.3 Å². The average molecular weight is 490 g/mol. The number of carbonyl (C=O) groups excluding carboxylic acids is 1. The van der Waals surface area contributed by atoms with Crippen molar-refractivity contribution < 1.29 is 14.6 Å². The predicted octanol–water partition coefficient (Wildman–Crippen LogP) is 5.56. The number of aliphatic hydroxyl groups is 1. The predicted molar refractivity (Wildman–Crippen MR) is 142 cm³/mol. The van der Waals surface area contributed by atoms with Gasteiger partial charge in [-0.3, -0.25) is 4.90 Å². The number of hydrogen-bond acceptors (Lipinski definition) is 5. The molecule has 2 fully saturated rings. The molecule has 2 aromatic carbocycles. The Morgan fingerprint density at radius 3 is 2.42 bits per heavy atom. The van der Waals surface area contributed by atoms with E-state index in [1.54, 1.807) is 4.90 Å². The van der Waals surface area contributed by atoms with Crippen molar-refractivity contribution in [1.29, 1.82) is 5.26 Å². The van der Waals surface area contributed by atoms with Crippen LogP contribution in [0.5, 0.6) is 0 Å². The zero-order valence-electron chi connectivity index (χ0n) is 21.5. The van der Waals surface area contributed by atoms with Gasteiger partial charge in [-0.1, -0.05) is 75.1 Å². The second kappa shape index (κ2) is 12.4. The van der Waals surface area contributed by atoms with Gasteiger partial charge < -0.3 is 14.7 Å². The van der Waals surface area contributed by atoms with Gasteiger partial charge in [0.2, 0.25) is 0 Å². The second-order valence-corrected chi connectivity index (χ2v) is 10.3. The molecule has 1 atom stereocenters. The van der Waals surface area contributed by atoms with Gasteiger partial charge in [0.25, 0.3) is 0 Å². The Morgan fingerprint density at radius 1 is 1.06 bits per heavy atom. The van der Waals surface area contributed by atoms with E-state index >= 15 is 0 Å². The first-order valence-electron chi connectivity index (χ1n) is 13.5. The summed E-state index contributed by atoms with van der Waals surface area (Å²) < 4.78 is 5.39. The van der Waals surface area contributed by atoms with E-state index in [1.165, 1.54) is 6.42 Å². The summed E-state index contributed by atoms with van der Waals surface area (Å²) in [6, 6.07) is 18.4. The van der Waals surface area contributed by atoms with E-state index in [0.717, 1.165) is 74.8 Å². The summed E-state index contributed by atoms with van der Waals surface area (Å²) in [5.74, 6) is 0.00103. The quantitative estimate of drug-likeness (QED) is 0.492. The van der Waals surface area contributed by atoms with Crippen LogP contribution in [-0.4, -0.2) is 65.9 Å². The van der Waals surface area contributed by atoms with Crippen LogP contribution in [0.2, 0.25) is 0 Å². The van der Waals surface area contributed by atoms with Crippen LogP contribution in [0, 0.1) is 11.3 Å². The standard InChI is InChI=1S/C30H39N3O3/c1-2-3-21-36-29(34)33-19-17-32(18-20-33)23-28(30(35)15-7-4-8-16-30)25-13-11-24(12-14-25)27-10-6-5-9-26(27)22-31/h5-6,9-14,28,35H,2-4,7-8,15-21,23H2,1H3. The van der Waals surface area contributed by atoms with Gasteiger partial charge in [-0.25, -0.2) is 4.79 Å². The van der Waals surface area contributed by atoms with Gasteiger partial charge in [-0.15, -0.1) is 0 Å². The Hall–Kier alpha value is -2.88. The van der Waals surface area contributed by atoms with Crippen molar-refractivity contribution in [2.24, 2.45) is 0 Å². The Morgan fingerprint density at radius 2 is 1.75 bits per heavy atom. The topological polar surface area (TPSA) is 76.8 Å². The second-order valence-electron chi connectivity index (χ2n) is 10.3. The maximum Gasteiger partial charge on any atom is 0.409 e. The fourth-order valence-electron chi connectivity index (χ4n) is 5.59. The van der Waals surface area contributed by atoms with Gasteiger partial charge in [0, 0.05) is 38.6 Å². The Bertz CT molecular complexity index is 1030. The maximum absolute atomic E-state index is 12.3. The molecule has 1 amide bonds. The molecule has 1 saturated carbocycles. The van der Waals surface area contributed by atoms with Crippen molar-refractivity contribution in [1.82, 2.24) is 9.80 Å². The number of piperazine rings is 1. The monoisotopic (exact) mass is 489 g/mol. The first-order chi connectivity index (χ1) is 17.5. The zero-order chi connectivity index (χ0) is 25.4. The van der Waals surface area contributed by atoms with Crippen molar-refractivity contribution in [2.45, 2.75) is 63.4 Å². The van der Waals surface area contributed by atoms with E-state index in [-0.39, 0.29) is 12.0 Å². The SMILES string of the molecule is CCCCOC(=O)N1CCN(CC(c2ccc(-c3ccccc3C#N)cc2)C2(O)CCCCC2)CC1. The molecule has 6 nitrogen and oxygen atoms in total. The summed E-state index contributed by atoms with van der Waals surface area (Å²) in [4.78, 5) is 16.5. The highest BCUT2D eigenvalue weighted by Crippen LogP contribution is 2.41. The number of nitriles is 1. The van der Waals surface area contributed by atoms with E-state index in [2.05, 4.69) is 42.2 Å². The van der Waals surface area contributed by atoms with E-state index in [9.17, 15) is 15.2 Å². The molecular weight excluding hydrogens is 450 g/mol. The fourth-order valence-corrected chi connectivity index (χ4v) is 5.59. The van der Waals surface area contributed by atoms with E-state index in [4.69, 9.17) is 4.74 Å². The van der Waals surface area contributed by atoms with E-state index in [0.29, 0.717) is 25.3 Å². The van der Waals surface area contributed by atoms with Crippen LogP contribution >= 0.6 is 0 Å². The molecule has 2 aliphatic rings. The number of carbonyl (C=O) groups is 1. The van der Waals surface area contributed by atoms with Gasteiger partial charge >= 0.3 is 6.09 Å². The highest BCUT2D eigenvalue weighted by molar-refractivity contribution is 5.70. The summed E-state index contributed by atoms with van der Waals surface area (Å²) in [5.41, 5.74) is 3.03. The lowest BCUT2D eigenvalue weighted by Gasteiger charge is -2.43. The molecule has 192 valence electrons. The van der Waals surface area contributed by atoms with Crippen molar-refractivity contribution >= 4 is 6.09 Å². The normalized spacial score (nSPS) is 18.9. The van der Waals surface area contributed by atoms with Crippen molar-refractivity contribution in [3.05, 3.63) is 59.7 Å². The number of nitrogens with zero attached hydrogens (tertiary/aromatic N) is 3. The molecule has 1 N–H and O–H groups in total. The van der Waals surface area contributed by atoms with Crippen LogP contribution in [0.25, 0.3) is 11.1 Å². The van der Waals surface area contributed by atoms with Crippen LogP contribution in [0.4, 0.5) is 4.79 Å². The first-order valence-corrected chi connectivity index (χ1v) is 13.5. The van der Waals surface area contributed by atoms with Gasteiger partial charge in [0.1, 0.15) is 0 Å². The van der Waals surface area contributed by atoms with E-state index in [1.807, 2.05) is 24.3 Å². The average Bonchev–Trinajstić information content (AvgIpc) is 2.92. The molecule has 0 spiro atoms. The third-order valence-corrected chi connectivity index (χ3v) is 7.83. The van der Waals surface area contributed by atoms with Crippen LogP contribution in [0.3, 0.4) is 0 Å². The molecule has 6 heteroatoms. The molecule has 0 radical (unpaired) electrons. The molecule has 0 aromatic heterocycles. The van der Waals surface area contributed by atoms with Crippen LogP contribution in [0.15, 0.2) is 48.5 Å². The Labute approximate surface area is 215 Å². The number of ether oxygens (including phenoxy) is 1. The highest BCUT2D eigenvalue weighted by Gasteiger charge is 2.40. The molecule has 1 unspecified atom stereocenters. The summed E-state index contributed by atoms with van der Waals surface area (Å²) in [6.45, 7) is 6.21. The van der Waals surface area contributed by atoms with Gasteiger partial charge in [-0.05, 0) is 42.0 Å². The van der Waals surface area contributed by atoms with Crippen molar-refractivity contribution in [3.63, 3.8) is 0 Å². The minimum absolute atomic E-state index is 0.00103. The van der Waals surface area contributed by atoms with Crippen LogP contribution < -0.4 is 0 Å². The van der Waals surface area contributed by atoms with Gasteiger partial charge in [0.15, 0.2) is 0 Å². The molecule has 1 saturated heterocycles. The molecule has 2 aromatic rings. The summed E-state index contributed by atoms with van der Waals surface area (Å²) >= 11 is 0. The lowest BCUT2D eigenvalue weighted by atomic mass is 9.72. The smallest absolute Gasteiger partial charge is 0.409 e. The number of benzene rings is 2. The zero-order valence-corrected chi connectivity index (χ0v) is 21.5. The van der Waals surface area contributed by atoms with Crippen LogP contribution in [-0.2, 0) is 4.74 Å². The van der Waals surface area contributed by atoms with Gasteiger partial charge in [-0.2, -0.15) is 5.26 Å². The Kier molecular flexibility index (Phi) is 9.01. The third kappa shape index (κ3) is 6.27. The largest absolute Gasteiger partial charge is 0.449 e. The number of rotatable bonds is 8. The summed E-state index contributed by atoms with van der Waals surface area (Å²) in [5, 5.41) is 21.3. The molecule has 1 aliphatic carbocycles. The highest BCUT2D eigenvalue weighted by atomic mass is 16.6. The third-order valence-electron chi connectivity index (χ3n) is 7.83. The molecular formula is C30H39N3O3. The van der Waals surface area contributed by atoms with E-state index < -0.39 is 5.60 Å². The lowest BCUT2D eigenvalue weighted by molar-refractivity contribution is -0.0342. The summed E-state index contributed by atoms with van der Waals surface area (Å²) in [6.07, 6.45) is 6.62. The number of hydrogen-bond donors (Lipinski definition) is 1. The molecule has 36 heavy (non-hydrogen) atoms. The molecule has 4 rings (SSSR count). The minimum atomic E-state index is -0.722. The number of amides is 1. The van der Waals surface area contributed by atoms with Crippen molar-refractivity contribution in [3.8, 4) is 17.2 Å². The summed E-state index contributed by atoms with van der Waals surface area (Å²) in [7, 11) is 0. The molecule has 1 aliphatic heterocycles. The Balaban J connectivity index is 1.47. The first kappa shape index (κ1) is 26.2. The minimum Gasteiger partial charge on any atom is -0.449 e. The molecule has 0 bridgehead atoms. The lowest BCUT2D eigenvalue weighted by Crippen LogP contribution is -2.52. The van der Waals surface area contributed by atoms with Gasteiger partial charge in [0.05, 0.1) is 23.8 Å². The fraction of sp³-hybridized carbons (Fsp3) is 0.533. The van der Waals surface area contributed by atoms with Crippen LogP contribution in [0.1, 0.15) is 68.9 Å². The maximum atomic E-state index is 12.3. The number of unbranched alkanes of at least 4 members (excludes halogenated alkanes) is 1.